The highest BCUT2D eigenvalue weighted by Gasteiger charge is 2.14. The van der Waals surface area contributed by atoms with Crippen molar-refractivity contribution in [1.82, 2.24) is 15.5 Å². The van der Waals surface area contributed by atoms with E-state index in [1.165, 1.54) is 11.3 Å². The van der Waals surface area contributed by atoms with Crippen molar-refractivity contribution >= 4 is 34.5 Å². The minimum atomic E-state index is 0.416. The van der Waals surface area contributed by atoms with Gasteiger partial charge >= 0.3 is 0 Å². The predicted molar refractivity (Wildman–Crippen MR) is 65.3 cm³/mol. The number of aromatic nitrogens is 2. The van der Waals surface area contributed by atoms with Gasteiger partial charge in [0.15, 0.2) is 5.82 Å². The van der Waals surface area contributed by atoms with Crippen LogP contribution in [0.2, 0.25) is 8.67 Å². The maximum Gasteiger partial charge on any atom is 0.260 e. The van der Waals surface area contributed by atoms with Crippen LogP contribution in [0.1, 0.15) is 5.82 Å². The van der Waals surface area contributed by atoms with Gasteiger partial charge in [0.25, 0.3) is 5.89 Å². The molecule has 2 aromatic rings. The molecule has 0 unspecified atom stereocenters. The van der Waals surface area contributed by atoms with Crippen molar-refractivity contribution in [2.75, 3.05) is 13.6 Å². The summed E-state index contributed by atoms with van der Waals surface area (Å²) in [5, 5.41) is 6.87. The van der Waals surface area contributed by atoms with Crippen LogP contribution >= 0.6 is 34.5 Å². The second-order valence-electron chi connectivity index (χ2n) is 3.11. The molecule has 0 aliphatic rings. The molecular weight excluding hydrogens is 269 g/mol. The quantitative estimate of drug-likeness (QED) is 0.934. The Morgan fingerprint density at radius 3 is 2.94 bits per heavy atom. The van der Waals surface area contributed by atoms with E-state index in [4.69, 9.17) is 27.7 Å². The Hall–Kier alpha value is -0.620. The second kappa shape index (κ2) is 5.14. The topological polar surface area (TPSA) is 51.0 Å². The van der Waals surface area contributed by atoms with E-state index >= 15 is 0 Å². The number of thiophene rings is 1. The molecule has 16 heavy (non-hydrogen) atoms. The maximum atomic E-state index is 5.99. The minimum absolute atomic E-state index is 0.416. The van der Waals surface area contributed by atoms with E-state index in [2.05, 4.69) is 15.5 Å². The molecule has 0 bridgehead atoms. The number of nitrogens with zero attached hydrogens (tertiary/aromatic N) is 2. The highest BCUT2D eigenvalue weighted by Crippen LogP contribution is 2.37. The number of hydrogen-bond donors (Lipinski definition) is 1. The summed E-state index contributed by atoms with van der Waals surface area (Å²) < 4.78 is 6.29. The first kappa shape index (κ1) is 11.9. The Morgan fingerprint density at radius 2 is 2.31 bits per heavy atom. The number of halogens is 2. The molecule has 0 amide bonds. The lowest BCUT2D eigenvalue weighted by molar-refractivity contribution is 0.422. The molecule has 0 saturated heterocycles. The molecule has 0 aliphatic heterocycles. The van der Waals surface area contributed by atoms with Crippen molar-refractivity contribution in [2.45, 2.75) is 6.42 Å². The van der Waals surface area contributed by atoms with Crippen molar-refractivity contribution in [3.05, 3.63) is 20.6 Å². The van der Waals surface area contributed by atoms with Gasteiger partial charge in [-0.2, -0.15) is 4.98 Å². The normalized spacial score (nSPS) is 10.9. The Kier molecular flexibility index (Phi) is 3.81. The second-order valence-corrected chi connectivity index (χ2v) is 5.39. The molecular formula is C9H9Cl2N3OS. The molecule has 2 aromatic heterocycles. The molecule has 0 aromatic carbocycles. The molecule has 0 saturated carbocycles. The average Bonchev–Trinajstić information content (AvgIpc) is 2.82. The van der Waals surface area contributed by atoms with Gasteiger partial charge in [0.2, 0.25) is 0 Å². The zero-order valence-electron chi connectivity index (χ0n) is 8.46. The molecule has 4 nitrogen and oxygen atoms in total. The average molecular weight is 278 g/mol. The molecule has 1 N–H and O–H groups in total. The van der Waals surface area contributed by atoms with Gasteiger partial charge in [-0.05, 0) is 13.1 Å². The Labute approximate surface area is 107 Å². The fourth-order valence-electron chi connectivity index (χ4n) is 1.19. The maximum absolute atomic E-state index is 5.99. The van der Waals surface area contributed by atoms with E-state index < -0.39 is 0 Å². The smallest absolute Gasteiger partial charge is 0.260 e. The van der Waals surface area contributed by atoms with Crippen molar-refractivity contribution in [1.29, 1.82) is 0 Å². The van der Waals surface area contributed by atoms with Crippen LogP contribution in [0.15, 0.2) is 10.6 Å². The van der Waals surface area contributed by atoms with E-state index in [-0.39, 0.29) is 0 Å². The summed E-state index contributed by atoms with van der Waals surface area (Å²) in [6.07, 6.45) is 0.718. The SMILES string of the molecule is CNCCc1noc(-c2cc(Cl)sc2Cl)n1. The fourth-order valence-corrected chi connectivity index (χ4v) is 2.64. The fraction of sp³-hybridized carbons (Fsp3) is 0.333. The number of hydrogen-bond acceptors (Lipinski definition) is 5. The molecule has 0 radical (unpaired) electrons. The molecule has 7 heteroatoms. The van der Waals surface area contributed by atoms with Crippen LogP contribution in [0.25, 0.3) is 11.5 Å². The van der Waals surface area contributed by atoms with Crippen LogP contribution in [0.3, 0.4) is 0 Å². The van der Waals surface area contributed by atoms with Crippen molar-refractivity contribution in [3.8, 4) is 11.5 Å². The van der Waals surface area contributed by atoms with Crippen LogP contribution < -0.4 is 5.32 Å². The van der Waals surface area contributed by atoms with Crippen LogP contribution in [-0.2, 0) is 6.42 Å². The monoisotopic (exact) mass is 277 g/mol. The number of nitrogens with one attached hydrogen (secondary N) is 1. The summed E-state index contributed by atoms with van der Waals surface area (Å²) in [7, 11) is 1.87. The van der Waals surface area contributed by atoms with E-state index in [1.54, 1.807) is 6.07 Å². The number of rotatable bonds is 4. The lowest BCUT2D eigenvalue weighted by atomic mass is 10.3. The molecule has 0 fully saturated rings. The zero-order valence-corrected chi connectivity index (χ0v) is 10.8. The lowest BCUT2D eigenvalue weighted by Gasteiger charge is -1.90. The largest absolute Gasteiger partial charge is 0.334 e. The first-order valence-electron chi connectivity index (χ1n) is 4.63. The van der Waals surface area contributed by atoms with Crippen LogP contribution in [0, 0.1) is 0 Å². The van der Waals surface area contributed by atoms with Gasteiger partial charge in [-0.15, -0.1) is 11.3 Å². The molecule has 2 rings (SSSR count). The van der Waals surface area contributed by atoms with Gasteiger partial charge < -0.3 is 9.84 Å². The zero-order chi connectivity index (χ0) is 11.5. The standard InChI is InChI=1S/C9H9Cl2N3OS/c1-12-3-2-7-13-9(15-14-7)5-4-6(10)16-8(5)11/h4,12H,2-3H2,1H3. The highest BCUT2D eigenvalue weighted by atomic mass is 35.5. The van der Waals surface area contributed by atoms with Crippen LogP contribution in [0.5, 0.6) is 0 Å². The summed E-state index contributed by atoms with van der Waals surface area (Å²) in [5.41, 5.74) is 0.694. The highest BCUT2D eigenvalue weighted by molar-refractivity contribution is 7.20. The summed E-state index contributed by atoms with van der Waals surface area (Å²) in [4.78, 5) is 4.24. The number of likely N-dealkylation sites (N-methyl/N-ethyl adjacent to an activating group) is 1. The summed E-state index contributed by atoms with van der Waals surface area (Å²) in [5.74, 6) is 1.07. The van der Waals surface area contributed by atoms with Crippen molar-refractivity contribution in [2.24, 2.45) is 0 Å². The first-order valence-corrected chi connectivity index (χ1v) is 6.20. The van der Waals surface area contributed by atoms with Gasteiger partial charge in [0.1, 0.15) is 4.34 Å². The third kappa shape index (κ3) is 2.55. The molecule has 2 heterocycles. The molecule has 0 spiro atoms. The Balaban J connectivity index is 2.21. The lowest BCUT2D eigenvalue weighted by Crippen LogP contribution is -2.10. The molecule has 0 aliphatic carbocycles. The Bertz CT molecular complexity index is 483. The van der Waals surface area contributed by atoms with Gasteiger partial charge in [-0.3, -0.25) is 0 Å². The first-order chi connectivity index (χ1) is 7.70. The molecule has 86 valence electrons. The predicted octanol–water partition coefficient (Wildman–Crippen LogP) is 2.87. The van der Waals surface area contributed by atoms with E-state index in [0.717, 1.165) is 13.0 Å². The van der Waals surface area contributed by atoms with Crippen molar-refractivity contribution in [3.63, 3.8) is 0 Å². The molecule has 0 atom stereocenters. The Morgan fingerprint density at radius 1 is 1.50 bits per heavy atom. The van der Waals surface area contributed by atoms with Crippen LogP contribution in [-0.4, -0.2) is 23.7 Å². The van der Waals surface area contributed by atoms with Crippen molar-refractivity contribution < 1.29 is 4.52 Å². The van der Waals surface area contributed by atoms with E-state index in [0.29, 0.717) is 26.0 Å². The van der Waals surface area contributed by atoms with E-state index in [9.17, 15) is 0 Å². The summed E-state index contributed by atoms with van der Waals surface area (Å²) >= 11 is 13.1. The van der Waals surface area contributed by atoms with Crippen LogP contribution in [0.4, 0.5) is 0 Å². The summed E-state index contributed by atoms with van der Waals surface area (Å²) in [6.45, 7) is 0.803. The van der Waals surface area contributed by atoms with Gasteiger partial charge in [-0.1, -0.05) is 28.4 Å². The minimum Gasteiger partial charge on any atom is -0.334 e. The summed E-state index contributed by atoms with van der Waals surface area (Å²) in [6, 6.07) is 1.73. The third-order valence-electron chi connectivity index (χ3n) is 1.95. The third-order valence-corrected chi connectivity index (χ3v) is 3.44. The van der Waals surface area contributed by atoms with Gasteiger partial charge in [0.05, 0.1) is 9.90 Å². The van der Waals surface area contributed by atoms with Gasteiger partial charge in [-0.25, -0.2) is 0 Å². The van der Waals surface area contributed by atoms with Gasteiger partial charge in [0, 0.05) is 13.0 Å². The van der Waals surface area contributed by atoms with E-state index in [1.807, 2.05) is 7.05 Å².